The SMILES string of the molecule is NCC(=O)N1CC2(C[C@H]1N=O)SCCCS2. The maximum Gasteiger partial charge on any atom is 0.238 e. The molecule has 0 bridgehead atoms. The molecule has 2 heterocycles. The van der Waals surface area contributed by atoms with Crippen molar-refractivity contribution in [3.05, 3.63) is 4.91 Å². The Labute approximate surface area is 103 Å². The van der Waals surface area contributed by atoms with Crippen molar-refractivity contribution in [2.45, 2.75) is 23.1 Å². The van der Waals surface area contributed by atoms with Crippen LogP contribution in [-0.2, 0) is 4.79 Å². The molecule has 0 aromatic carbocycles. The smallest absolute Gasteiger partial charge is 0.238 e. The van der Waals surface area contributed by atoms with Crippen molar-refractivity contribution in [1.29, 1.82) is 0 Å². The Morgan fingerprint density at radius 3 is 2.75 bits per heavy atom. The van der Waals surface area contributed by atoms with Gasteiger partial charge in [0.25, 0.3) is 0 Å². The normalized spacial score (nSPS) is 28.3. The number of carbonyl (C=O) groups is 1. The summed E-state index contributed by atoms with van der Waals surface area (Å²) in [7, 11) is 0. The molecule has 0 aromatic rings. The highest BCUT2D eigenvalue weighted by Gasteiger charge is 2.48. The number of nitrogens with two attached hydrogens (primary N) is 1. The molecule has 1 atom stereocenters. The highest BCUT2D eigenvalue weighted by molar-refractivity contribution is 8.18. The van der Waals surface area contributed by atoms with Crippen LogP contribution in [0.15, 0.2) is 5.18 Å². The lowest BCUT2D eigenvalue weighted by Gasteiger charge is -2.31. The topological polar surface area (TPSA) is 75.8 Å². The number of hydrogen-bond acceptors (Lipinski definition) is 6. The average Bonchev–Trinajstić information content (AvgIpc) is 2.68. The van der Waals surface area contributed by atoms with Crippen LogP contribution in [0.3, 0.4) is 0 Å². The molecule has 16 heavy (non-hydrogen) atoms. The van der Waals surface area contributed by atoms with Crippen LogP contribution in [0.25, 0.3) is 0 Å². The largest absolute Gasteiger partial charge is 0.322 e. The van der Waals surface area contributed by atoms with E-state index in [2.05, 4.69) is 5.18 Å². The van der Waals surface area contributed by atoms with E-state index in [1.54, 1.807) is 4.90 Å². The van der Waals surface area contributed by atoms with Gasteiger partial charge in [0.2, 0.25) is 5.91 Å². The van der Waals surface area contributed by atoms with Crippen molar-refractivity contribution in [2.24, 2.45) is 10.9 Å². The summed E-state index contributed by atoms with van der Waals surface area (Å²) < 4.78 is -0.0122. The predicted octanol–water partition coefficient (Wildman–Crippen LogP) is 0.836. The van der Waals surface area contributed by atoms with Crippen LogP contribution >= 0.6 is 23.5 Å². The standard InChI is InChI=1S/C9H15N3O2S2/c10-5-8(13)12-6-9(4-7(12)11-14)15-2-1-3-16-9/h7H,1-6,10H2/t7-/m0/s1. The van der Waals surface area contributed by atoms with E-state index in [1.165, 1.54) is 6.42 Å². The lowest BCUT2D eigenvalue weighted by atomic mass is 10.3. The number of thioether (sulfide) groups is 2. The first kappa shape index (κ1) is 12.2. The van der Waals surface area contributed by atoms with Gasteiger partial charge in [0.15, 0.2) is 6.17 Å². The van der Waals surface area contributed by atoms with Crippen LogP contribution in [0.5, 0.6) is 0 Å². The summed E-state index contributed by atoms with van der Waals surface area (Å²) in [5.41, 5.74) is 5.34. The van der Waals surface area contributed by atoms with Crippen LogP contribution in [0.4, 0.5) is 0 Å². The van der Waals surface area contributed by atoms with Crippen molar-refractivity contribution in [3.8, 4) is 0 Å². The maximum absolute atomic E-state index is 11.6. The van der Waals surface area contributed by atoms with E-state index >= 15 is 0 Å². The molecule has 90 valence electrons. The third-order valence-corrected chi connectivity index (χ3v) is 6.24. The molecule has 7 heteroatoms. The van der Waals surface area contributed by atoms with Gasteiger partial charge in [-0.3, -0.25) is 4.79 Å². The Morgan fingerprint density at radius 2 is 2.19 bits per heavy atom. The number of likely N-dealkylation sites (tertiary alicyclic amines) is 1. The molecular formula is C9H15N3O2S2. The molecule has 2 saturated heterocycles. The first-order valence-corrected chi connectivity index (χ1v) is 7.28. The fourth-order valence-electron chi connectivity index (χ4n) is 2.11. The molecule has 0 aromatic heterocycles. The van der Waals surface area contributed by atoms with Gasteiger partial charge in [0, 0.05) is 13.0 Å². The van der Waals surface area contributed by atoms with Crippen molar-refractivity contribution >= 4 is 29.4 Å². The molecule has 0 unspecified atom stereocenters. The monoisotopic (exact) mass is 261 g/mol. The van der Waals surface area contributed by atoms with Gasteiger partial charge in [0.1, 0.15) is 0 Å². The highest BCUT2D eigenvalue weighted by atomic mass is 32.2. The van der Waals surface area contributed by atoms with E-state index in [4.69, 9.17) is 5.73 Å². The molecule has 2 rings (SSSR count). The lowest BCUT2D eigenvalue weighted by Crippen LogP contribution is -2.40. The van der Waals surface area contributed by atoms with Crippen LogP contribution in [0, 0.1) is 4.91 Å². The summed E-state index contributed by atoms with van der Waals surface area (Å²) >= 11 is 3.71. The van der Waals surface area contributed by atoms with E-state index in [0.29, 0.717) is 13.0 Å². The lowest BCUT2D eigenvalue weighted by molar-refractivity contribution is -0.130. The van der Waals surface area contributed by atoms with Gasteiger partial charge < -0.3 is 10.6 Å². The third-order valence-electron chi connectivity index (χ3n) is 2.90. The molecule has 0 aliphatic carbocycles. The molecule has 0 radical (unpaired) electrons. The Balaban J connectivity index is 2.10. The van der Waals surface area contributed by atoms with Gasteiger partial charge in [-0.15, -0.1) is 28.4 Å². The van der Waals surface area contributed by atoms with Gasteiger partial charge in [-0.05, 0) is 23.1 Å². The summed E-state index contributed by atoms with van der Waals surface area (Å²) in [6.07, 6.45) is 1.34. The molecule has 2 N–H and O–H groups in total. The van der Waals surface area contributed by atoms with E-state index < -0.39 is 6.17 Å². The number of rotatable bonds is 2. The van der Waals surface area contributed by atoms with Gasteiger partial charge in [-0.25, -0.2) is 0 Å². The molecule has 2 aliphatic rings. The zero-order chi connectivity index (χ0) is 11.6. The Morgan fingerprint density at radius 1 is 1.50 bits per heavy atom. The van der Waals surface area contributed by atoms with Crippen LogP contribution in [0.1, 0.15) is 12.8 Å². The second-order valence-electron chi connectivity index (χ2n) is 3.98. The van der Waals surface area contributed by atoms with Crippen molar-refractivity contribution in [2.75, 3.05) is 24.6 Å². The van der Waals surface area contributed by atoms with Gasteiger partial charge in [-0.1, -0.05) is 0 Å². The average molecular weight is 261 g/mol. The minimum atomic E-state index is -0.519. The van der Waals surface area contributed by atoms with Gasteiger partial charge in [0.05, 0.1) is 10.6 Å². The number of carbonyl (C=O) groups excluding carboxylic acids is 1. The fourth-order valence-corrected chi connectivity index (χ4v) is 5.44. The fraction of sp³-hybridized carbons (Fsp3) is 0.889. The van der Waals surface area contributed by atoms with Crippen LogP contribution in [0.2, 0.25) is 0 Å². The molecule has 5 nitrogen and oxygen atoms in total. The quantitative estimate of drug-likeness (QED) is 0.745. The molecule has 2 fully saturated rings. The number of nitrogens with zero attached hydrogens (tertiary/aromatic N) is 2. The summed E-state index contributed by atoms with van der Waals surface area (Å²) in [6.45, 7) is 0.562. The molecular weight excluding hydrogens is 246 g/mol. The highest BCUT2D eigenvalue weighted by Crippen LogP contribution is 2.50. The van der Waals surface area contributed by atoms with E-state index in [9.17, 15) is 9.70 Å². The number of nitroso groups, excluding NO2 is 1. The zero-order valence-corrected chi connectivity index (χ0v) is 10.6. The zero-order valence-electron chi connectivity index (χ0n) is 8.92. The van der Waals surface area contributed by atoms with E-state index in [-0.39, 0.29) is 16.5 Å². The predicted molar refractivity (Wildman–Crippen MR) is 67.2 cm³/mol. The second-order valence-corrected chi connectivity index (χ2v) is 7.19. The second kappa shape index (κ2) is 4.93. The number of amides is 1. The Bertz CT molecular complexity index is 294. The van der Waals surface area contributed by atoms with Crippen molar-refractivity contribution in [1.82, 2.24) is 4.90 Å². The molecule has 2 aliphatic heterocycles. The summed E-state index contributed by atoms with van der Waals surface area (Å²) in [6, 6.07) is 0. The number of hydrogen-bond donors (Lipinski definition) is 1. The van der Waals surface area contributed by atoms with Crippen LogP contribution in [-0.4, -0.2) is 45.6 Å². The van der Waals surface area contributed by atoms with Crippen molar-refractivity contribution in [3.63, 3.8) is 0 Å². The Kier molecular flexibility index (Phi) is 3.76. The first-order valence-electron chi connectivity index (χ1n) is 5.31. The molecule has 0 saturated carbocycles. The van der Waals surface area contributed by atoms with Gasteiger partial charge >= 0.3 is 0 Å². The minimum absolute atomic E-state index is 0.0122. The first-order chi connectivity index (χ1) is 7.71. The van der Waals surface area contributed by atoms with E-state index in [0.717, 1.165) is 11.5 Å². The summed E-state index contributed by atoms with van der Waals surface area (Å²) in [5.74, 6) is 2.03. The summed E-state index contributed by atoms with van der Waals surface area (Å²) in [5, 5.41) is 3.06. The van der Waals surface area contributed by atoms with Gasteiger partial charge in [-0.2, -0.15) is 0 Å². The maximum atomic E-state index is 11.6. The Hall–Kier alpha value is -0.270. The molecule has 1 amide bonds. The summed E-state index contributed by atoms with van der Waals surface area (Å²) in [4.78, 5) is 23.9. The van der Waals surface area contributed by atoms with Crippen molar-refractivity contribution < 1.29 is 4.79 Å². The van der Waals surface area contributed by atoms with E-state index in [1.807, 2.05) is 23.5 Å². The third kappa shape index (κ3) is 2.21. The van der Waals surface area contributed by atoms with Crippen LogP contribution < -0.4 is 5.73 Å². The molecule has 1 spiro atoms. The minimum Gasteiger partial charge on any atom is -0.322 e.